The first kappa shape index (κ1) is 9.81. The first-order chi connectivity index (χ1) is 6.24. The molecule has 0 amide bonds. The van der Waals surface area contributed by atoms with Crippen LogP contribution in [0.25, 0.3) is 0 Å². The van der Waals surface area contributed by atoms with Crippen molar-refractivity contribution in [3.8, 4) is 0 Å². The lowest BCUT2D eigenvalue weighted by atomic mass is 9.89. The van der Waals surface area contributed by atoms with Crippen molar-refractivity contribution >= 4 is 11.8 Å². The van der Waals surface area contributed by atoms with Crippen LogP contribution in [0.2, 0.25) is 0 Å². The van der Waals surface area contributed by atoms with Crippen molar-refractivity contribution < 1.29 is 5.11 Å². The first-order valence-electron chi connectivity index (χ1n) is 5.18. The molecule has 0 aromatic rings. The Labute approximate surface area is 84.7 Å². The molecule has 1 aliphatic heterocycles. The van der Waals surface area contributed by atoms with Crippen LogP contribution in [-0.2, 0) is 0 Å². The van der Waals surface area contributed by atoms with E-state index < -0.39 is 0 Å². The van der Waals surface area contributed by atoms with E-state index in [1.54, 1.807) is 0 Å². The number of hydrogen-bond donors (Lipinski definition) is 1. The molecule has 0 atom stereocenters. The summed E-state index contributed by atoms with van der Waals surface area (Å²) in [5, 5.41) is 10.0. The Hall–Kier alpha value is 0.270. The molecule has 0 bridgehead atoms. The van der Waals surface area contributed by atoms with Crippen molar-refractivity contribution in [2.45, 2.75) is 24.9 Å². The van der Waals surface area contributed by atoms with E-state index in [1.165, 1.54) is 31.6 Å². The average Bonchev–Trinajstić information content (AvgIpc) is 2.83. The largest absolute Gasteiger partial charge is 0.387 e. The summed E-state index contributed by atoms with van der Waals surface area (Å²) in [5.41, 5.74) is -0.278. The molecule has 1 saturated heterocycles. The maximum Gasteiger partial charge on any atom is 0.0928 e. The molecule has 1 aliphatic carbocycles. The number of hydrogen-bond acceptors (Lipinski definition) is 3. The molecule has 76 valence electrons. The Kier molecular flexibility index (Phi) is 2.86. The lowest BCUT2D eigenvalue weighted by molar-refractivity contribution is -0.112. The van der Waals surface area contributed by atoms with Gasteiger partial charge in [-0.05, 0) is 43.7 Å². The van der Waals surface area contributed by atoms with Crippen LogP contribution in [0, 0.1) is 5.92 Å². The van der Waals surface area contributed by atoms with Crippen LogP contribution < -0.4 is 0 Å². The highest BCUT2D eigenvalue weighted by atomic mass is 32.2. The SMILES string of the molecule is CSCCCN1CC(O)(C2CC2)C1. The lowest BCUT2D eigenvalue weighted by Crippen LogP contribution is -2.63. The van der Waals surface area contributed by atoms with Gasteiger partial charge in [-0.25, -0.2) is 0 Å². The van der Waals surface area contributed by atoms with Crippen molar-refractivity contribution in [1.29, 1.82) is 0 Å². The summed E-state index contributed by atoms with van der Waals surface area (Å²) >= 11 is 1.91. The van der Waals surface area contributed by atoms with Crippen LogP contribution in [0.5, 0.6) is 0 Å². The third-order valence-electron chi connectivity index (χ3n) is 3.15. The van der Waals surface area contributed by atoms with E-state index in [0.717, 1.165) is 13.1 Å². The zero-order valence-electron chi connectivity index (χ0n) is 8.33. The number of nitrogens with zero attached hydrogens (tertiary/aromatic N) is 1. The van der Waals surface area contributed by atoms with Gasteiger partial charge in [-0.3, -0.25) is 4.90 Å². The Morgan fingerprint density at radius 1 is 1.46 bits per heavy atom. The second-order valence-corrected chi connectivity index (χ2v) is 5.42. The predicted molar refractivity (Wildman–Crippen MR) is 57.1 cm³/mol. The van der Waals surface area contributed by atoms with Crippen molar-refractivity contribution in [1.82, 2.24) is 4.90 Å². The highest BCUT2D eigenvalue weighted by Crippen LogP contribution is 2.44. The molecular weight excluding hydrogens is 182 g/mol. The molecule has 2 aliphatic rings. The van der Waals surface area contributed by atoms with Crippen LogP contribution in [-0.4, -0.2) is 47.3 Å². The summed E-state index contributed by atoms with van der Waals surface area (Å²) in [7, 11) is 0. The molecule has 1 heterocycles. The van der Waals surface area contributed by atoms with Crippen molar-refractivity contribution in [3.63, 3.8) is 0 Å². The molecule has 0 spiro atoms. The molecule has 0 radical (unpaired) electrons. The maximum atomic E-state index is 10.0. The average molecular weight is 201 g/mol. The maximum absolute atomic E-state index is 10.0. The van der Waals surface area contributed by atoms with Crippen molar-refractivity contribution in [2.24, 2.45) is 5.92 Å². The fourth-order valence-electron chi connectivity index (χ4n) is 2.20. The minimum atomic E-state index is -0.278. The van der Waals surface area contributed by atoms with E-state index >= 15 is 0 Å². The molecule has 2 fully saturated rings. The standard InChI is InChI=1S/C10H19NOS/c1-13-6-2-5-11-7-10(12,8-11)9-3-4-9/h9,12H,2-8H2,1H3. The smallest absolute Gasteiger partial charge is 0.0928 e. The normalized spacial score (nSPS) is 27.2. The summed E-state index contributed by atoms with van der Waals surface area (Å²) in [4.78, 5) is 2.38. The topological polar surface area (TPSA) is 23.5 Å². The van der Waals surface area contributed by atoms with E-state index in [4.69, 9.17) is 0 Å². The monoisotopic (exact) mass is 201 g/mol. The van der Waals surface area contributed by atoms with Gasteiger partial charge in [0.05, 0.1) is 5.60 Å². The first-order valence-corrected chi connectivity index (χ1v) is 6.58. The van der Waals surface area contributed by atoms with E-state index in [0.29, 0.717) is 5.92 Å². The van der Waals surface area contributed by atoms with Crippen LogP contribution in [0.1, 0.15) is 19.3 Å². The Morgan fingerprint density at radius 2 is 2.15 bits per heavy atom. The van der Waals surface area contributed by atoms with Gasteiger partial charge in [0.25, 0.3) is 0 Å². The van der Waals surface area contributed by atoms with Gasteiger partial charge in [-0.15, -0.1) is 0 Å². The fourth-order valence-corrected chi connectivity index (χ4v) is 2.62. The minimum absolute atomic E-state index is 0.278. The predicted octanol–water partition coefficient (Wildman–Crippen LogP) is 1.20. The van der Waals surface area contributed by atoms with Gasteiger partial charge in [-0.1, -0.05) is 0 Å². The molecule has 0 aromatic heterocycles. The molecule has 2 rings (SSSR count). The quantitative estimate of drug-likeness (QED) is 0.676. The highest BCUT2D eigenvalue weighted by Gasteiger charge is 2.51. The number of thioether (sulfide) groups is 1. The summed E-state index contributed by atoms with van der Waals surface area (Å²) in [6.07, 6.45) is 5.93. The second kappa shape index (κ2) is 3.79. The van der Waals surface area contributed by atoms with E-state index in [9.17, 15) is 5.11 Å². The van der Waals surface area contributed by atoms with E-state index in [2.05, 4.69) is 11.2 Å². The molecule has 13 heavy (non-hydrogen) atoms. The second-order valence-electron chi connectivity index (χ2n) is 4.43. The molecule has 1 N–H and O–H groups in total. The van der Waals surface area contributed by atoms with Gasteiger partial charge >= 0.3 is 0 Å². The number of β-amino-alcohol motifs (C(OH)–C–C–N with tert-alkyl or cyclic N) is 1. The van der Waals surface area contributed by atoms with Crippen molar-refractivity contribution in [3.05, 3.63) is 0 Å². The van der Waals surface area contributed by atoms with Gasteiger partial charge in [0.2, 0.25) is 0 Å². The zero-order chi connectivity index (χ0) is 9.31. The Balaban J connectivity index is 1.60. The van der Waals surface area contributed by atoms with Gasteiger partial charge in [0.15, 0.2) is 0 Å². The van der Waals surface area contributed by atoms with Crippen LogP contribution in [0.15, 0.2) is 0 Å². The molecule has 0 unspecified atom stereocenters. The molecule has 1 saturated carbocycles. The third kappa shape index (κ3) is 2.20. The van der Waals surface area contributed by atoms with E-state index in [-0.39, 0.29) is 5.60 Å². The molecular formula is C10H19NOS. The fraction of sp³-hybridized carbons (Fsp3) is 1.00. The summed E-state index contributed by atoms with van der Waals surface area (Å²) in [5.74, 6) is 1.89. The molecule has 3 heteroatoms. The third-order valence-corrected chi connectivity index (χ3v) is 3.85. The summed E-state index contributed by atoms with van der Waals surface area (Å²) in [6, 6.07) is 0. The van der Waals surface area contributed by atoms with Gasteiger partial charge in [0.1, 0.15) is 0 Å². The lowest BCUT2D eigenvalue weighted by Gasteiger charge is -2.47. The Bertz CT molecular complexity index is 176. The zero-order valence-corrected chi connectivity index (χ0v) is 9.15. The minimum Gasteiger partial charge on any atom is -0.387 e. The molecule has 0 aromatic carbocycles. The van der Waals surface area contributed by atoms with Crippen LogP contribution >= 0.6 is 11.8 Å². The number of likely N-dealkylation sites (tertiary alicyclic amines) is 1. The van der Waals surface area contributed by atoms with Crippen molar-refractivity contribution in [2.75, 3.05) is 31.6 Å². The van der Waals surface area contributed by atoms with Gasteiger partial charge in [-0.2, -0.15) is 11.8 Å². The van der Waals surface area contributed by atoms with Crippen LogP contribution in [0.3, 0.4) is 0 Å². The van der Waals surface area contributed by atoms with Gasteiger partial charge in [0, 0.05) is 13.1 Å². The molecule has 2 nitrogen and oxygen atoms in total. The van der Waals surface area contributed by atoms with E-state index in [1.807, 2.05) is 11.8 Å². The summed E-state index contributed by atoms with van der Waals surface area (Å²) < 4.78 is 0. The van der Waals surface area contributed by atoms with Gasteiger partial charge < -0.3 is 5.11 Å². The number of rotatable bonds is 5. The number of aliphatic hydroxyl groups is 1. The highest BCUT2D eigenvalue weighted by molar-refractivity contribution is 7.98. The van der Waals surface area contributed by atoms with Crippen LogP contribution in [0.4, 0.5) is 0 Å². The summed E-state index contributed by atoms with van der Waals surface area (Å²) in [6.45, 7) is 3.05. The Morgan fingerprint density at radius 3 is 2.69 bits per heavy atom.